The Morgan fingerprint density at radius 1 is 1.05 bits per heavy atom. The summed E-state index contributed by atoms with van der Waals surface area (Å²) in [4.78, 5) is 2.87. The van der Waals surface area contributed by atoms with Gasteiger partial charge in [-0.2, -0.15) is 0 Å². The maximum atomic E-state index is 3.80. The minimum Gasteiger partial charge on any atom is -0.313 e. The van der Waals surface area contributed by atoms with Crippen LogP contribution in [0.25, 0.3) is 0 Å². The molecule has 1 N–H and O–H groups in total. The smallest absolute Gasteiger partial charge is 0.0275 e. The predicted octanol–water partition coefficient (Wildman–Crippen LogP) is 3.13. The summed E-state index contributed by atoms with van der Waals surface area (Å²) in [6, 6.07) is 1.55. The van der Waals surface area contributed by atoms with E-state index in [9.17, 15) is 0 Å². The lowest BCUT2D eigenvalue weighted by atomic mass is 9.76. The fourth-order valence-electron chi connectivity index (χ4n) is 5.44. The Balaban J connectivity index is 1.69. The Kier molecular flexibility index (Phi) is 4.19. The highest BCUT2D eigenvalue weighted by atomic mass is 15.2. The standard InChI is InChI=1S/C17H32N2/c1-4-18-16-9-12(2)8-13(3)17(16)19-10-14-6-5-7-15(14)11-19/h12-18H,4-11H2,1-3H3. The molecule has 1 saturated heterocycles. The molecule has 2 saturated carbocycles. The minimum absolute atomic E-state index is 0.738. The second-order valence-corrected chi connectivity index (χ2v) is 7.61. The van der Waals surface area contributed by atoms with Crippen LogP contribution in [-0.4, -0.2) is 36.6 Å². The van der Waals surface area contributed by atoms with E-state index >= 15 is 0 Å². The fourth-order valence-corrected chi connectivity index (χ4v) is 5.44. The molecule has 6 atom stereocenters. The van der Waals surface area contributed by atoms with Crippen LogP contribution in [0.5, 0.6) is 0 Å². The Morgan fingerprint density at radius 3 is 2.37 bits per heavy atom. The third-order valence-electron chi connectivity index (χ3n) is 6.07. The molecule has 2 heteroatoms. The van der Waals surface area contributed by atoms with Crippen molar-refractivity contribution in [1.29, 1.82) is 0 Å². The van der Waals surface area contributed by atoms with E-state index in [1.807, 2.05) is 0 Å². The highest BCUT2D eigenvalue weighted by Gasteiger charge is 2.44. The summed E-state index contributed by atoms with van der Waals surface area (Å²) >= 11 is 0. The Labute approximate surface area is 119 Å². The first-order valence-electron chi connectivity index (χ1n) is 8.66. The number of hydrogen-bond donors (Lipinski definition) is 1. The molecule has 19 heavy (non-hydrogen) atoms. The van der Waals surface area contributed by atoms with Gasteiger partial charge in [-0.25, -0.2) is 0 Å². The van der Waals surface area contributed by atoms with Crippen molar-refractivity contribution in [3.63, 3.8) is 0 Å². The van der Waals surface area contributed by atoms with Crippen LogP contribution in [0, 0.1) is 23.7 Å². The molecular formula is C17H32N2. The molecule has 1 heterocycles. The quantitative estimate of drug-likeness (QED) is 0.842. The van der Waals surface area contributed by atoms with Crippen LogP contribution in [0.2, 0.25) is 0 Å². The van der Waals surface area contributed by atoms with E-state index in [0.29, 0.717) is 0 Å². The Morgan fingerprint density at radius 2 is 1.74 bits per heavy atom. The number of nitrogens with zero attached hydrogens (tertiary/aromatic N) is 1. The number of nitrogens with one attached hydrogen (secondary N) is 1. The monoisotopic (exact) mass is 264 g/mol. The molecule has 110 valence electrons. The number of likely N-dealkylation sites (tertiary alicyclic amines) is 1. The van der Waals surface area contributed by atoms with Crippen molar-refractivity contribution in [3.8, 4) is 0 Å². The first-order valence-corrected chi connectivity index (χ1v) is 8.66. The van der Waals surface area contributed by atoms with Crippen LogP contribution in [0.3, 0.4) is 0 Å². The molecular weight excluding hydrogens is 232 g/mol. The zero-order valence-electron chi connectivity index (χ0n) is 13.1. The summed E-state index contributed by atoms with van der Waals surface area (Å²) in [6.07, 6.45) is 7.32. The molecule has 0 radical (unpaired) electrons. The summed E-state index contributed by atoms with van der Waals surface area (Å²) in [5.74, 6) is 3.84. The summed E-state index contributed by atoms with van der Waals surface area (Å²) in [5.41, 5.74) is 0. The summed E-state index contributed by atoms with van der Waals surface area (Å²) in [5, 5.41) is 3.80. The largest absolute Gasteiger partial charge is 0.313 e. The van der Waals surface area contributed by atoms with Gasteiger partial charge in [0, 0.05) is 25.2 Å². The van der Waals surface area contributed by atoms with E-state index in [0.717, 1.165) is 42.3 Å². The highest BCUT2D eigenvalue weighted by Crippen LogP contribution is 2.42. The normalized spacial score (nSPS) is 47.5. The molecule has 0 aromatic carbocycles. The van der Waals surface area contributed by atoms with Crippen LogP contribution in [0.1, 0.15) is 52.9 Å². The topological polar surface area (TPSA) is 15.3 Å². The van der Waals surface area contributed by atoms with Gasteiger partial charge in [0.1, 0.15) is 0 Å². The molecule has 0 aromatic rings. The van der Waals surface area contributed by atoms with Crippen LogP contribution in [0.15, 0.2) is 0 Å². The molecule has 0 bridgehead atoms. The van der Waals surface area contributed by atoms with Crippen molar-refractivity contribution in [2.45, 2.75) is 65.0 Å². The van der Waals surface area contributed by atoms with Crippen LogP contribution >= 0.6 is 0 Å². The van der Waals surface area contributed by atoms with Crippen molar-refractivity contribution < 1.29 is 0 Å². The maximum absolute atomic E-state index is 3.80. The molecule has 3 fully saturated rings. The van der Waals surface area contributed by atoms with Gasteiger partial charge < -0.3 is 5.32 Å². The lowest BCUT2D eigenvalue weighted by Gasteiger charge is -2.45. The molecule has 0 amide bonds. The Bertz CT molecular complexity index is 292. The van der Waals surface area contributed by atoms with Crippen molar-refractivity contribution in [2.75, 3.05) is 19.6 Å². The molecule has 1 aliphatic heterocycles. The summed E-state index contributed by atoms with van der Waals surface area (Å²) in [7, 11) is 0. The molecule has 2 nitrogen and oxygen atoms in total. The lowest BCUT2D eigenvalue weighted by molar-refractivity contribution is 0.0737. The van der Waals surface area contributed by atoms with Crippen LogP contribution in [0.4, 0.5) is 0 Å². The maximum Gasteiger partial charge on any atom is 0.0275 e. The number of likely N-dealkylation sites (N-methyl/N-ethyl adjacent to an activating group) is 1. The molecule has 2 aliphatic carbocycles. The molecule has 0 aromatic heterocycles. The highest BCUT2D eigenvalue weighted by molar-refractivity contribution is 4.99. The molecule has 3 rings (SSSR count). The molecule has 0 spiro atoms. The number of rotatable bonds is 3. The van der Waals surface area contributed by atoms with Crippen LogP contribution in [-0.2, 0) is 0 Å². The first kappa shape index (κ1) is 13.9. The van der Waals surface area contributed by atoms with E-state index in [2.05, 4.69) is 31.0 Å². The van der Waals surface area contributed by atoms with Gasteiger partial charge in [-0.15, -0.1) is 0 Å². The van der Waals surface area contributed by atoms with Crippen LogP contribution < -0.4 is 5.32 Å². The average molecular weight is 264 g/mol. The minimum atomic E-state index is 0.738. The van der Waals surface area contributed by atoms with Crippen molar-refractivity contribution in [3.05, 3.63) is 0 Å². The Hall–Kier alpha value is -0.0800. The van der Waals surface area contributed by atoms with Gasteiger partial charge in [0.2, 0.25) is 0 Å². The van der Waals surface area contributed by atoms with E-state index in [1.165, 1.54) is 45.2 Å². The van der Waals surface area contributed by atoms with Gasteiger partial charge in [0.05, 0.1) is 0 Å². The zero-order chi connectivity index (χ0) is 13.4. The third kappa shape index (κ3) is 2.71. The van der Waals surface area contributed by atoms with E-state index in [-0.39, 0.29) is 0 Å². The second-order valence-electron chi connectivity index (χ2n) is 7.61. The average Bonchev–Trinajstić information content (AvgIpc) is 2.88. The third-order valence-corrected chi connectivity index (χ3v) is 6.07. The van der Waals surface area contributed by atoms with Gasteiger partial charge in [0.15, 0.2) is 0 Å². The van der Waals surface area contributed by atoms with Gasteiger partial charge in [-0.1, -0.05) is 27.2 Å². The van der Waals surface area contributed by atoms with E-state index in [1.54, 1.807) is 0 Å². The SMILES string of the molecule is CCNC1CC(C)CC(C)C1N1CC2CCCC2C1. The molecule has 6 unspecified atom stereocenters. The second kappa shape index (κ2) is 5.73. The van der Waals surface area contributed by atoms with Crippen molar-refractivity contribution in [1.82, 2.24) is 10.2 Å². The summed E-state index contributed by atoms with van der Waals surface area (Å²) < 4.78 is 0. The van der Waals surface area contributed by atoms with Gasteiger partial charge >= 0.3 is 0 Å². The first-order chi connectivity index (χ1) is 9.19. The van der Waals surface area contributed by atoms with E-state index in [4.69, 9.17) is 0 Å². The van der Waals surface area contributed by atoms with Gasteiger partial charge in [0.25, 0.3) is 0 Å². The lowest BCUT2D eigenvalue weighted by Crippen LogP contribution is -2.56. The van der Waals surface area contributed by atoms with Crippen molar-refractivity contribution in [2.24, 2.45) is 23.7 Å². The predicted molar refractivity (Wildman–Crippen MR) is 81.2 cm³/mol. The number of hydrogen-bond acceptors (Lipinski definition) is 2. The van der Waals surface area contributed by atoms with Crippen molar-refractivity contribution >= 4 is 0 Å². The molecule has 3 aliphatic rings. The number of fused-ring (bicyclic) bond motifs is 1. The zero-order valence-corrected chi connectivity index (χ0v) is 13.1. The van der Waals surface area contributed by atoms with Gasteiger partial charge in [-0.05, 0) is 55.9 Å². The van der Waals surface area contributed by atoms with E-state index < -0.39 is 0 Å². The fraction of sp³-hybridized carbons (Fsp3) is 1.00. The summed E-state index contributed by atoms with van der Waals surface area (Å²) in [6.45, 7) is 11.1. The van der Waals surface area contributed by atoms with Gasteiger partial charge in [-0.3, -0.25) is 4.90 Å².